The molecule has 2 amide bonds. The lowest BCUT2D eigenvalue weighted by Gasteiger charge is -2.26. The lowest BCUT2D eigenvalue weighted by molar-refractivity contribution is 0.0724. The van der Waals surface area contributed by atoms with Crippen molar-refractivity contribution in [3.63, 3.8) is 0 Å². The van der Waals surface area contributed by atoms with Crippen molar-refractivity contribution in [3.8, 4) is 0 Å². The van der Waals surface area contributed by atoms with Gasteiger partial charge in [-0.3, -0.25) is 9.59 Å². The monoisotopic (exact) mass is 379 g/mol. The van der Waals surface area contributed by atoms with Gasteiger partial charge in [-0.25, -0.2) is 9.97 Å². The molecule has 146 valence electrons. The van der Waals surface area contributed by atoms with Crippen molar-refractivity contribution in [2.24, 2.45) is 0 Å². The Labute approximate surface area is 164 Å². The van der Waals surface area contributed by atoms with Crippen LogP contribution in [0.3, 0.4) is 0 Å². The van der Waals surface area contributed by atoms with Crippen molar-refractivity contribution < 1.29 is 9.59 Å². The summed E-state index contributed by atoms with van der Waals surface area (Å²) in [5.41, 5.74) is 3.12. The molecule has 1 aromatic heterocycles. The van der Waals surface area contributed by atoms with Crippen LogP contribution in [0.4, 0.5) is 5.82 Å². The Hall–Kier alpha value is -2.96. The molecule has 7 heteroatoms. The lowest BCUT2D eigenvalue weighted by Crippen LogP contribution is -2.35. The summed E-state index contributed by atoms with van der Waals surface area (Å²) in [4.78, 5) is 35.3. The van der Waals surface area contributed by atoms with E-state index in [0.717, 1.165) is 42.6 Å². The Morgan fingerprint density at radius 2 is 1.89 bits per heavy atom. The van der Waals surface area contributed by atoms with Gasteiger partial charge in [-0.2, -0.15) is 0 Å². The third-order valence-corrected chi connectivity index (χ3v) is 5.30. The first-order valence-electron chi connectivity index (χ1n) is 9.89. The van der Waals surface area contributed by atoms with Gasteiger partial charge in [0.05, 0.1) is 0 Å². The number of fused-ring (bicyclic) bond motifs is 1. The molecule has 0 bridgehead atoms. The van der Waals surface area contributed by atoms with Crippen LogP contribution in [0, 0.1) is 6.92 Å². The number of rotatable bonds is 4. The van der Waals surface area contributed by atoms with Gasteiger partial charge >= 0.3 is 0 Å². The van der Waals surface area contributed by atoms with Crippen LogP contribution in [0.5, 0.6) is 0 Å². The number of hydrogen-bond acceptors (Lipinski definition) is 5. The molecule has 2 aromatic rings. The minimum absolute atomic E-state index is 0.116. The number of amides is 2. The lowest BCUT2D eigenvalue weighted by atomic mass is 10.1. The minimum Gasteiger partial charge on any atom is -0.366 e. The van der Waals surface area contributed by atoms with Gasteiger partial charge in [0, 0.05) is 37.3 Å². The number of anilines is 1. The first-order valence-corrected chi connectivity index (χ1v) is 9.89. The fourth-order valence-corrected chi connectivity index (χ4v) is 3.78. The van der Waals surface area contributed by atoms with E-state index in [4.69, 9.17) is 0 Å². The van der Waals surface area contributed by atoms with Crippen LogP contribution in [-0.2, 0) is 13.0 Å². The van der Waals surface area contributed by atoms with E-state index < -0.39 is 0 Å². The Morgan fingerprint density at radius 1 is 1.14 bits per heavy atom. The third kappa shape index (κ3) is 3.83. The molecule has 0 radical (unpaired) electrons. The largest absolute Gasteiger partial charge is 0.366 e. The van der Waals surface area contributed by atoms with Crippen LogP contribution in [0.2, 0.25) is 0 Å². The van der Waals surface area contributed by atoms with Crippen LogP contribution in [0.15, 0.2) is 24.3 Å². The molecular formula is C21H25N5O2. The van der Waals surface area contributed by atoms with E-state index in [1.165, 1.54) is 6.42 Å². The molecule has 2 N–H and O–H groups in total. The van der Waals surface area contributed by atoms with E-state index in [1.54, 1.807) is 6.92 Å². The maximum absolute atomic E-state index is 12.6. The number of piperidine rings is 1. The molecule has 4 rings (SSSR count). The number of nitrogens with zero attached hydrogens (tertiary/aromatic N) is 3. The summed E-state index contributed by atoms with van der Waals surface area (Å²) < 4.78 is 0. The predicted octanol–water partition coefficient (Wildman–Crippen LogP) is 2.31. The zero-order valence-corrected chi connectivity index (χ0v) is 16.1. The maximum Gasteiger partial charge on any atom is 0.270 e. The second-order valence-corrected chi connectivity index (χ2v) is 7.36. The van der Waals surface area contributed by atoms with Crippen LogP contribution in [0.25, 0.3) is 0 Å². The molecule has 1 saturated heterocycles. The molecule has 0 aliphatic carbocycles. The molecule has 0 saturated carbocycles. The molecule has 3 heterocycles. The van der Waals surface area contributed by atoms with E-state index in [-0.39, 0.29) is 11.8 Å². The quantitative estimate of drug-likeness (QED) is 0.851. The molecular weight excluding hydrogens is 354 g/mol. The topological polar surface area (TPSA) is 87.2 Å². The molecule has 7 nitrogen and oxygen atoms in total. The smallest absolute Gasteiger partial charge is 0.270 e. The maximum atomic E-state index is 12.6. The second kappa shape index (κ2) is 7.96. The van der Waals surface area contributed by atoms with Gasteiger partial charge in [0.1, 0.15) is 17.3 Å². The van der Waals surface area contributed by atoms with Crippen molar-refractivity contribution >= 4 is 17.6 Å². The van der Waals surface area contributed by atoms with Gasteiger partial charge in [0.15, 0.2) is 0 Å². The summed E-state index contributed by atoms with van der Waals surface area (Å²) in [5, 5.41) is 6.15. The van der Waals surface area contributed by atoms with Gasteiger partial charge < -0.3 is 15.5 Å². The first kappa shape index (κ1) is 18.4. The van der Waals surface area contributed by atoms with E-state index in [9.17, 15) is 9.59 Å². The highest BCUT2D eigenvalue weighted by atomic mass is 16.2. The van der Waals surface area contributed by atoms with Crippen LogP contribution < -0.4 is 10.6 Å². The summed E-state index contributed by atoms with van der Waals surface area (Å²) >= 11 is 0. The van der Waals surface area contributed by atoms with Gasteiger partial charge in [-0.15, -0.1) is 0 Å². The van der Waals surface area contributed by atoms with E-state index >= 15 is 0 Å². The molecule has 0 spiro atoms. The van der Waals surface area contributed by atoms with Crippen LogP contribution in [0.1, 0.15) is 57.1 Å². The molecule has 0 atom stereocenters. The average Bonchev–Trinajstić information content (AvgIpc) is 2.73. The number of aryl methyl sites for hydroxylation is 1. The van der Waals surface area contributed by atoms with Crippen molar-refractivity contribution in [2.45, 2.75) is 39.2 Å². The van der Waals surface area contributed by atoms with Crippen molar-refractivity contribution in [1.29, 1.82) is 0 Å². The van der Waals surface area contributed by atoms with E-state index in [2.05, 4.69) is 20.6 Å². The summed E-state index contributed by atoms with van der Waals surface area (Å²) in [6.07, 6.45) is 4.11. The Morgan fingerprint density at radius 3 is 2.64 bits per heavy atom. The zero-order chi connectivity index (χ0) is 19.5. The average molecular weight is 379 g/mol. The van der Waals surface area contributed by atoms with E-state index in [1.807, 2.05) is 29.2 Å². The SMILES string of the molecule is Cc1nc(NCc2ccc(C(=O)N3CCCCC3)cc2)c2c(n1)C(=O)NCC2. The Bertz CT molecular complexity index is 888. The van der Waals surface area contributed by atoms with Crippen LogP contribution in [-0.4, -0.2) is 46.3 Å². The number of likely N-dealkylation sites (tertiary alicyclic amines) is 1. The Kier molecular flexibility index (Phi) is 5.23. The summed E-state index contributed by atoms with van der Waals surface area (Å²) in [7, 11) is 0. The Balaban J connectivity index is 1.44. The van der Waals surface area contributed by atoms with Gasteiger partial charge in [0.25, 0.3) is 11.8 Å². The molecule has 28 heavy (non-hydrogen) atoms. The fraction of sp³-hybridized carbons (Fsp3) is 0.429. The van der Waals surface area contributed by atoms with Crippen molar-refractivity contribution in [2.75, 3.05) is 25.0 Å². The number of nitrogens with one attached hydrogen (secondary N) is 2. The highest BCUT2D eigenvalue weighted by Gasteiger charge is 2.23. The number of aromatic nitrogens is 2. The van der Waals surface area contributed by atoms with Gasteiger partial charge in [0.2, 0.25) is 0 Å². The number of benzene rings is 1. The summed E-state index contributed by atoms with van der Waals surface area (Å²) in [6, 6.07) is 7.72. The van der Waals surface area contributed by atoms with E-state index in [0.29, 0.717) is 36.8 Å². The summed E-state index contributed by atoms with van der Waals surface area (Å²) in [5.74, 6) is 1.26. The molecule has 2 aliphatic rings. The second-order valence-electron chi connectivity index (χ2n) is 7.36. The molecule has 1 aromatic carbocycles. The standard InChI is InChI=1S/C21H25N5O2/c1-14-24-18-17(9-10-22-20(18)27)19(25-14)23-13-15-5-7-16(8-6-15)21(28)26-11-3-2-4-12-26/h5-8H,2-4,9-13H2,1H3,(H,22,27)(H,23,24,25). The molecule has 1 fully saturated rings. The van der Waals surface area contributed by atoms with Crippen LogP contribution >= 0.6 is 0 Å². The van der Waals surface area contributed by atoms with Crippen molar-refractivity contribution in [1.82, 2.24) is 20.2 Å². The number of hydrogen-bond donors (Lipinski definition) is 2. The van der Waals surface area contributed by atoms with Gasteiger partial charge in [-0.1, -0.05) is 12.1 Å². The highest BCUT2D eigenvalue weighted by Crippen LogP contribution is 2.21. The minimum atomic E-state index is -0.143. The number of carbonyl (C=O) groups is 2. The normalized spacial score (nSPS) is 16.3. The highest BCUT2D eigenvalue weighted by molar-refractivity contribution is 5.96. The molecule has 2 aliphatic heterocycles. The fourth-order valence-electron chi connectivity index (χ4n) is 3.78. The first-order chi connectivity index (χ1) is 13.6. The zero-order valence-electron chi connectivity index (χ0n) is 16.1. The summed E-state index contributed by atoms with van der Waals surface area (Å²) in [6.45, 7) is 4.67. The predicted molar refractivity (Wildman–Crippen MR) is 106 cm³/mol. The molecule has 0 unspecified atom stereocenters. The van der Waals surface area contributed by atoms with Crippen molar-refractivity contribution in [3.05, 3.63) is 52.5 Å². The third-order valence-electron chi connectivity index (χ3n) is 5.30. The number of carbonyl (C=O) groups excluding carboxylic acids is 2. The van der Waals surface area contributed by atoms with Gasteiger partial charge in [-0.05, 0) is 50.3 Å².